The number of benzene rings is 1. The van der Waals surface area contributed by atoms with Crippen LogP contribution in [0.25, 0.3) is 0 Å². The summed E-state index contributed by atoms with van der Waals surface area (Å²) in [5, 5.41) is 0. The van der Waals surface area contributed by atoms with Gasteiger partial charge in [0.05, 0.1) is 0 Å². The third-order valence-electron chi connectivity index (χ3n) is 2.61. The molecule has 0 saturated carbocycles. The smallest absolute Gasteiger partial charge is 0.298 e. The van der Waals surface area contributed by atoms with Gasteiger partial charge in [0, 0.05) is 19.7 Å². The molecule has 1 aromatic rings. The first kappa shape index (κ1) is 10.7. The maximum absolute atomic E-state index is 11.9. The molecule has 0 fully saturated rings. The van der Waals surface area contributed by atoms with Crippen LogP contribution in [0.3, 0.4) is 0 Å². The van der Waals surface area contributed by atoms with Crippen LogP contribution in [0.2, 0.25) is 0 Å². The molecule has 1 atom stereocenters. The average Bonchev–Trinajstić information content (AvgIpc) is 2.58. The van der Waals surface area contributed by atoms with Crippen molar-refractivity contribution < 1.29 is 9.53 Å². The van der Waals surface area contributed by atoms with E-state index in [1.807, 2.05) is 30.3 Å². The van der Waals surface area contributed by atoms with Gasteiger partial charge in [-0.05, 0) is 6.92 Å². The van der Waals surface area contributed by atoms with Crippen molar-refractivity contribution in [3.8, 4) is 0 Å². The second kappa shape index (κ2) is 3.63. The van der Waals surface area contributed by atoms with E-state index >= 15 is 0 Å². The topological polar surface area (TPSA) is 41.9 Å². The Bertz CT molecular complexity index is 440. The molecular weight excluding hydrogens is 204 g/mol. The van der Waals surface area contributed by atoms with Crippen molar-refractivity contribution in [2.75, 3.05) is 14.1 Å². The summed E-state index contributed by atoms with van der Waals surface area (Å²) in [6.07, 6.45) is 0. The molecule has 0 N–H and O–H groups in total. The van der Waals surface area contributed by atoms with Crippen LogP contribution in [0.1, 0.15) is 12.5 Å². The fraction of sp³-hybridized carbons (Fsp3) is 0.333. The molecule has 4 nitrogen and oxygen atoms in total. The number of aliphatic imine (C=N–C) groups is 1. The molecule has 0 aromatic heterocycles. The SMILES string of the molecule is CN(C)C1=NC(=O)C(C)(c2ccccc2)O1. The maximum Gasteiger partial charge on any atom is 0.298 e. The third-order valence-corrected chi connectivity index (χ3v) is 2.61. The minimum Gasteiger partial charge on any atom is -0.443 e. The normalized spacial score (nSPS) is 23.9. The Morgan fingerprint density at radius 3 is 2.38 bits per heavy atom. The van der Waals surface area contributed by atoms with Crippen LogP contribution < -0.4 is 0 Å². The van der Waals surface area contributed by atoms with Gasteiger partial charge in [0.25, 0.3) is 11.9 Å². The molecule has 16 heavy (non-hydrogen) atoms. The van der Waals surface area contributed by atoms with Gasteiger partial charge in [-0.15, -0.1) is 0 Å². The van der Waals surface area contributed by atoms with E-state index in [1.165, 1.54) is 0 Å². The molecule has 84 valence electrons. The van der Waals surface area contributed by atoms with Crippen LogP contribution in [-0.2, 0) is 15.1 Å². The third kappa shape index (κ3) is 1.56. The Balaban J connectivity index is 2.34. The van der Waals surface area contributed by atoms with E-state index in [2.05, 4.69) is 4.99 Å². The second-order valence-electron chi connectivity index (χ2n) is 4.10. The van der Waals surface area contributed by atoms with E-state index in [1.54, 1.807) is 25.9 Å². The van der Waals surface area contributed by atoms with Crippen LogP contribution in [0, 0.1) is 0 Å². The maximum atomic E-state index is 11.9. The van der Waals surface area contributed by atoms with Crippen LogP contribution in [-0.4, -0.2) is 30.9 Å². The van der Waals surface area contributed by atoms with E-state index in [0.717, 1.165) is 5.56 Å². The van der Waals surface area contributed by atoms with Crippen molar-refractivity contribution in [1.82, 2.24) is 4.90 Å². The van der Waals surface area contributed by atoms with E-state index < -0.39 is 5.60 Å². The Labute approximate surface area is 94.5 Å². The summed E-state index contributed by atoms with van der Waals surface area (Å²) in [6, 6.07) is 9.75. The van der Waals surface area contributed by atoms with Gasteiger partial charge in [-0.1, -0.05) is 30.3 Å². The largest absolute Gasteiger partial charge is 0.443 e. The Morgan fingerprint density at radius 1 is 1.25 bits per heavy atom. The van der Waals surface area contributed by atoms with E-state index in [-0.39, 0.29) is 5.91 Å². The average molecular weight is 218 g/mol. The van der Waals surface area contributed by atoms with Crippen LogP contribution >= 0.6 is 0 Å². The summed E-state index contributed by atoms with van der Waals surface area (Å²) in [6.45, 7) is 1.74. The summed E-state index contributed by atoms with van der Waals surface area (Å²) >= 11 is 0. The minimum absolute atomic E-state index is 0.262. The molecule has 0 bridgehead atoms. The van der Waals surface area contributed by atoms with Crippen LogP contribution in [0.5, 0.6) is 0 Å². The lowest BCUT2D eigenvalue weighted by molar-refractivity contribution is -0.130. The number of hydrogen-bond donors (Lipinski definition) is 0. The summed E-state index contributed by atoms with van der Waals surface area (Å²) in [4.78, 5) is 17.5. The Hall–Kier alpha value is -1.84. The monoisotopic (exact) mass is 218 g/mol. The highest BCUT2D eigenvalue weighted by Crippen LogP contribution is 2.31. The summed E-state index contributed by atoms with van der Waals surface area (Å²) in [5.74, 6) is -0.262. The lowest BCUT2D eigenvalue weighted by atomic mass is 9.96. The first-order valence-corrected chi connectivity index (χ1v) is 5.09. The van der Waals surface area contributed by atoms with Gasteiger partial charge >= 0.3 is 0 Å². The zero-order chi connectivity index (χ0) is 11.8. The number of carbonyl (C=O) groups excluding carboxylic acids is 1. The number of rotatable bonds is 1. The number of amidine groups is 1. The van der Waals surface area contributed by atoms with E-state index in [0.29, 0.717) is 6.02 Å². The fourth-order valence-corrected chi connectivity index (χ4v) is 1.57. The number of nitrogens with zero attached hydrogens (tertiary/aromatic N) is 2. The molecule has 2 rings (SSSR count). The van der Waals surface area contributed by atoms with Gasteiger partial charge in [0.15, 0.2) is 0 Å². The quantitative estimate of drug-likeness (QED) is 0.715. The van der Waals surface area contributed by atoms with Gasteiger partial charge in [-0.3, -0.25) is 4.79 Å². The van der Waals surface area contributed by atoms with Gasteiger partial charge in [-0.25, -0.2) is 0 Å². The lowest BCUT2D eigenvalue weighted by Crippen LogP contribution is -2.33. The lowest BCUT2D eigenvalue weighted by Gasteiger charge is -2.23. The molecule has 1 unspecified atom stereocenters. The van der Waals surface area contributed by atoms with E-state index in [4.69, 9.17) is 4.74 Å². The van der Waals surface area contributed by atoms with Crippen molar-refractivity contribution in [3.63, 3.8) is 0 Å². The first-order chi connectivity index (χ1) is 7.54. The highest BCUT2D eigenvalue weighted by molar-refractivity contribution is 6.01. The molecule has 0 radical (unpaired) electrons. The molecule has 1 aromatic carbocycles. The van der Waals surface area contributed by atoms with Crippen LogP contribution in [0.4, 0.5) is 0 Å². The van der Waals surface area contributed by atoms with Crippen molar-refractivity contribution in [2.45, 2.75) is 12.5 Å². The minimum atomic E-state index is -0.985. The highest BCUT2D eigenvalue weighted by atomic mass is 16.5. The van der Waals surface area contributed by atoms with Crippen LogP contribution in [0.15, 0.2) is 35.3 Å². The van der Waals surface area contributed by atoms with Crippen molar-refractivity contribution >= 4 is 11.9 Å². The zero-order valence-corrected chi connectivity index (χ0v) is 9.60. The first-order valence-electron chi connectivity index (χ1n) is 5.09. The van der Waals surface area contributed by atoms with Crippen molar-refractivity contribution in [2.24, 2.45) is 4.99 Å². The van der Waals surface area contributed by atoms with Gasteiger partial charge in [0.1, 0.15) is 0 Å². The summed E-state index contributed by atoms with van der Waals surface area (Å²) < 4.78 is 5.64. The Morgan fingerprint density at radius 2 is 1.88 bits per heavy atom. The van der Waals surface area contributed by atoms with Crippen molar-refractivity contribution in [3.05, 3.63) is 35.9 Å². The van der Waals surface area contributed by atoms with Crippen molar-refractivity contribution in [1.29, 1.82) is 0 Å². The zero-order valence-electron chi connectivity index (χ0n) is 9.60. The van der Waals surface area contributed by atoms with E-state index in [9.17, 15) is 4.79 Å². The molecule has 0 spiro atoms. The predicted molar refractivity (Wildman–Crippen MR) is 61.0 cm³/mol. The van der Waals surface area contributed by atoms with Gasteiger partial charge in [-0.2, -0.15) is 4.99 Å². The molecule has 0 saturated heterocycles. The van der Waals surface area contributed by atoms with Gasteiger partial charge in [0.2, 0.25) is 5.60 Å². The summed E-state index contributed by atoms with van der Waals surface area (Å²) in [5.41, 5.74) is -0.165. The molecule has 0 aliphatic carbocycles. The molecule has 1 aliphatic rings. The molecule has 1 aliphatic heterocycles. The second-order valence-corrected chi connectivity index (χ2v) is 4.10. The molecule has 1 amide bonds. The standard InChI is InChI=1S/C12H14N2O2/c1-12(9-7-5-4-6-8-9)10(15)13-11(16-12)14(2)3/h4-8H,1-3H3. The Kier molecular flexibility index (Phi) is 2.42. The molecule has 4 heteroatoms. The van der Waals surface area contributed by atoms with Gasteiger partial charge < -0.3 is 9.64 Å². The number of hydrogen-bond acceptors (Lipinski definition) is 3. The number of carbonyl (C=O) groups is 1. The highest BCUT2D eigenvalue weighted by Gasteiger charge is 2.44. The predicted octanol–water partition coefficient (Wildman–Crippen LogP) is 1.38. The fourth-order valence-electron chi connectivity index (χ4n) is 1.57. The number of ether oxygens (including phenoxy) is 1. The molecule has 1 heterocycles. The molecular formula is C12H14N2O2. The summed E-state index contributed by atoms with van der Waals surface area (Å²) in [7, 11) is 3.59. The number of amides is 1.